The van der Waals surface area contributed by atoms with Gasteiger partial charge in [-0.15, -0.1) is 0 Å². The molecule has 2 heterocycles. The zero-order chi connectivity index (χ0) is 20.6. The number of aryl methyl sites for hydroxylation is 1. The number of sulfonamides is 2. The van der Waals surface area contributed by atoms with Crippen LogP contribution in [0.2, 0.25) is 0 Å². The number of rotatable bonds is 4. The molecule has 10 heteroatoms. The normalized spacial score (nSPS) is 17.4. The molecule has 0 atom stereocenters. The van der Waals surface area contributed by atoms with Gasteiger partial charge in [0.2, 0.25) is 20.0 Å². The molecule has 0 bridgehead atoms. The van der Waals surface area contributed by atoms with Gasteiger partial charge in [0, 0.05) is 39.4 Å². The van der Waals surface area contributed by atoms with Gasteiger partial charge in [0.05, 0.1) is 11.1 Å². The van der Waals surface area contributed by atoms with E-state index in [1.807, 2.05) is 24.3 Å². The van der Waals surface area contributed by atoms with Crippen molar-refractivity contribution in [3.05, 3.63) is 54.9 Å². The molecule has 154 valence electrons. The molecule has 1 aromatic heterocycles. The number of fused-ring (bicyclic) bond motifs is 1. The van der Waals surface area contributed by atoms with E-state index in [0.29, 0.717) is 6.42 Å². The molecular weight excluding hydrogens is 412 g/mol. The number of hydrogen-bond donors (Lipinski definition) is 0. The molecule has 4 rings (SSSR count). The van der Waals surface area contributed by atoms with Crippen LogP contribution < -0.4 is 0 Å². The molecule has 0 radical (unpaired) electrons. The summed E-state index contributed by atoms with van der Waals surface area (Å²) >= 11 is 0. The highest BCUT2D eigenvalue weighted by molar-refractivity contribution is 7.89. The molecule has 29 heavy (non-hydrogen) atoms. The molecule has 0 amide bonds. The molecule has 0 aliphatic carbocycles. The lowest BCUT2D eigenvalue weighted by Gasteiger charge is -2.21. The third-order valence-electron chi connectivity index (χ3n) is 5.09. The summed E-state index contributed by atoms with van der Waals surface area (Å²) in [5.41, 5.74) is 0. The van der Waals surface area contributed by atoms with Crippen molar-refractivity contribution in [3.63, 3.8) is 0 Å². The monoisotopic (exact) mass is 434 g/mol. The molecule has 0 unspecified atom stereocenters. The first-order valence-corrected chi connectivity index (χ1v) is 12.1. The van der Waals surface area contributed by atoms with Crippen molar-refractivity contribution in [1.82, 2.24) is 18.4 Å². The van der Waals surface area contributed by atoms with Crippen molar-refractivity contribution in [2.24, 2.45) is 7.05 Å². The van der Waals surface area contributed by atoms with E-state index in [2.05, 4.69) is 5.10 Å². The average molecular weight is 435 g/mol. The van der Waals surface area contributed by atoms with E-state index < -0.39 is 20.0 Å². The van der Waals surface area contributed by atoms with Gasteiger partial charge >= 0.3 is 0 Å². The first-order valence-electron chi connectivity index (χ1n) is 9.26. The predicted octanol–water partition coefficient (Wildman–Crippen LogP) is 1.66. The second-order valence-electron chi connectivity index (χ2n) is 7.02. The van der Waals surface area contributed by atoms with Crippen molar-refractivity contribution in [1.29, 1.82) is 0 Å². The Morgan fingerprint density at radius 3 is 2.03 bits per heavy atom. The third kappa shape index (κ3) is 3.80. The summed E-state index contributed by atoms with van der Waals surface area (Å²) in [4.78, 5) is 0.339. The molecular formula is C19H22N4O4S2. The van der Waals surface area contributed by atoms with Gasteiger partial charge in [-0.05, 0) is 29.3 Å². The van der Waals surface area contributed by atoms with Gasteiger partial charge in [0.15, 0.2) is 0 Å². The molecule has 1 aliphatic rings. The maximum absolute atomic E-state index is 13.2. The van der Waals surface area contributed by atoms with E-state index in [-0.39, 0.29) is 36.0 Å². The second kappa shape index (κ2) is 7.52. The van der Waals surface area contributed by atoms with Gasteiger partial charge in [0.25, 0.3) is 0 Å². The van der Waals surface area contributed by atoms with Crippen molar-refractivity contribution in [2.45, 2.75) is 16.2 Å². The third-order valence-corrected chi connectivity index (χ3v) is 8.84. The Kier molecular flexibility index (Phi) is 5.19. The first-order chi connectivity index (χ1) is 13.8. The highest BCUT2D eigenvalue weighted by Gasteiger charge is 2.32. The quantitative estimate of drug-likeness (QED) is 0.623. The van der Waals surface area contributed by atoms with Crippen LogP contribution in [0.25, 0.3) is 10.8 Å². The molecule has 2 aromatic carbocycles. The predicted molar refractivity (Wildman–Crippen MR) is 109 cm³/mol. The lowest BCUT2D eigenvalue weighted by molar-refractivity contribution is 0.404. The first kappa shape index (κ1) is 20.0. The number of benzene rings is 2. The summed E-state index contributed by atoms with van der Waals surface area (Å²) in [6.45, 7) is 0.744. The highest BCUT2D eigenvalue weighted by atomic mass is 32.2. The summed E-state index contributed by atoms with van der Waals surface area (Å²) in [7, 11) is -5.76. The minimum Gasteiger partial charge on any atom is -0.274 e. The largest absolute Gasteiger partial charge is 0.274 e. The number of nitrogens with zero attached hydrogens (tertiary/aromatic N) is 4. The fraction of sp³-hybridized carbons (Fsp3) is 0.316. The van der Waals surface area contributed by atoms with Crippen molar-refractivity contribution >= 4 is 30.8 Å². The van der Waals surface area contributed by atoms with Crippen LogP contribution in [0.4, 0.5) is 0 Å². The molecule has 1 fully saturated rings. The molecule has 0 N–H and O–H groups in total. The zero-order valence-electron chi connectivity index (χ0n) is 16.0. The molecule has 3 aromatic rings. The van der Waals surface area contributed by atoms with Crippen LogP contribution in [0.15, 0.2) is 64.6 Å². The van der Waals surface area contributed by atoms with E-state index in [4.69, 9.17) is 0 Å². The van der Waals surface area contributed by atoms with Gasteiger partial charge in [-0.1, -0.05) is 30.3 Å². The minimum absolute atomic E-state index is 0.101. The van der Waals surface area contributed by atoms with E-state index in [1.165, 1.54) is 25.7 Å². The van der Waals surface area contributed by atoms with Gasteiger partial charge < -0.3 is 0 Å². The average Bonchev–Trinajstić information content (AvgIpc) is 2.99. The lowest BCUT2D eigenvalue weighted by atomic mass is 10.1. The molecule has 0 saturated carbocycles. The van der Waals surface area contributed by atoms with Gasteiger partial charge in [-0.2, -0.15) is 13.7 Å². The smallest absolute Gasteiger partial charge is 0.246 e. The molecule has 1 saturated heterocycles. The number of aromatic nitrogens is 2. The van der Waals surface area contributed by atoms with Crippen molar-refractivity contribution < 1.29 is 16.8 Å². The fourth-order valence-corrected chi connectivity index (χ4v) is 6.47. The van der Waals surface area contributed by atoms with Crippen LogP contribution in [-0.4, -0.2) is 61.4 Å². The Bertz CT molecular complexity index is 1250. The summed E-state index contributed by atoms with van der Waals surface area (Å²) < 4.78 is 56.1. The summed E-state index contributed by atoms with van der Waals surface area (Å²) in [5, 5.41) is 5.74. The lowest BCUT2D eigenvalue weighted by Crippen LogP contribution is -2.37. The maximum Gasteiger partial charge on any atom is 0.246 e. The fourth-order valence-electron chi connectivity index (χ4n) is 3.51. The highest BCUT2D eigenvalue weighted by Crippen LogP contribution is 2.24. The Hall–Kier alpha value is -2.27. The Morgan fingerprint density at radius 2 is 1.41 bits per heavy atom. The summed E-state index contributed by atoms with van der Waals surface area (Å²) in [5.74, 6) is 0. The van der Waals surface area contributed by atoms with Crippen LogP contribution in [0.5, 0.6) is 0 Å². The molecule has 1 aliphatic heterocycles. The molecule has 8 nitrogen and oxygen atoms in total. The molecule has 0 spiro atoms. The van der Waals surface area contributed by atoms with E-state index in [9.17, 15) is 16.8 Å². The Morgan fingerprint density at radius 1 is 0.793 bits per heavy atom. The zero-order valence-corrected chi connectivity index (χ0v) is 17.6. The number of hydrogen-bond acceptors (Lipinski definition) is 5. The summed E-state index contributed by atoms with van der Waals surface area (Å²) in [6.07, 6.45) is 3.18. The maximum atomic E-state index is 13.2. The van der Waals surface area contributed by atoms with E-state index >= 15 is 0 Å². The minimum atomic E-state index is -3.71. The van der Waals surface area contributed by atoms with E-state index in [0.717, 1.165) is 10.8 Å². The van der Waals surface area contributed by atoms with Crippen LogP contribution in [0.1, 0.15) is 6.42 Å². The summed E-state index contributed by atoms with van der Waals surface area (Å²) in [6, 6.07) is 12.6. The van der Waals surface area contributed by atoms with Gasteiger partial charge in [-0.3, -0.25) is 4.68 Å². The van der Waals surface area contributed by atoms with E-state index in [1.54, 1.807) is 25.2 Å². The van der Waals surface area contributed by atoms with Crippen LogP contribution in [-0.2, 0) is 27.1 Å². The Labute approximate surface area is 170 Å². The van der Waals surface area contributed by atoms with Gasteiger partial charge in [0.1, 0.15) is 4.90 Å². The SMILES string of the molecule is Cn1cc(S(=O)(=O)N2CCCN(S(=O)(=O)c3ccc4ccccc4c3)CC2)cn1. The van der Waals surface area contributed by atoms with Crippen molar-refractivity contribution in [3.8, 4) is 0 Å². The standard InChI is InChI=1S/C19H22N4O4S2/c1-21-15-19(14-20-21)29(26,27)23-10-4-9-22(11-12-23)28(24,25)18-8-7-16-5-2-3-6-17(16)13-18/h2-3,5-8,13-15H,4,9-12H2,1H3. The van der Waals surface area contributed by atoms with Crippen LogP contribution >= 0.6 is 0 Å². The van der Waals surface area contributed by atoms with Crippen molar-refractivity contribution in [2.75, 3.05) is 26.2 Å². The second-order valence-corrected chi connectivity index (χ2v) is 10.9. The van der Waals surface area contributed by atoms with Crippen LogP contribution in [0, 0.1) is 0 Å². The topological polar surface area (TPSA) is 92.6 Å². The van der Waals surface area contributed by atoms with Gasteiger partial charge in [-0.25, -0.2) is 16.8 Å². The van der Waals surface area contributed by atoms with Crippen LogP contribution in [0.3, 0.4) is 0 Å². The Balaban J connectivity index is 1.57.